The first-order chi connectivity index (χ1) is 8.67. The molecule has 0 spiro atoms. The molecule has 1 aromatic carbocycles. The number of alkyl halides is 3. The summed E-state index contributed by atoms with van der Waals surface area (Å²) in [7, 11) is -4.18. The first-order valence-electron chi connectivity index (χ1n) is 4.90. The Bertz CT molecular complexity index is 551. The topological polar surface area (TPSA) is 72.5 Å². The SMILES string of the molecule is COC(=O)c1ccc(CNS(=O)(=O)C(F)(F)F)cc1. The van der Waals surface area contributed by atoms with Crippen molar-refractivity contribution >= 4 is 16.0 Å². The van der Waals surface area contributed by atoms with Crippen LogP contribution >= 0.6 is 0 Å². The summed E-state index contributed by atoms with van der Waals surface area (Å²) >= 11 is 0. The van der Waals surface area contributed by atoms with Gasteiger partial charge in [-0.05, 0) is 17.7 Å². The van der Waals surface area contributed by atoms with Crippen molar-refractivity contribution in [2.75, 3.05) is 7.11 Å². The summed E-state index contributed by atoms with van der Waals surface area (Å²) in [5.74, 6) is -0.595. The van der Waals surface area contributed by atoms with E-state index in [0.29, 0.717) is 0 Å². The molecule has 0 saturated heterocycles. The molecular weight excluding hydrogens is 287 g/mol. The highest BCUT2D eigenvalue weighted by molar-refractivity contribution is 7.90. The predicted octanol–water partition coefficient (Wildman–Crippen LogP) is 1.41. The molecule has 0 aromatic heterocycles. The second-order valence-corrected chi connectivity index (χ2v) is 5.22. The first kappa shape index (κ1) is 15.4. The highest BCUT2D eigenvalue weighted by atomic mass is 32.2. The number of nitrogens with one attached hydrogen (secondary N) is 1. The minimum Gasteiger partial charge on any atom is -0.465 e. The standard InChI is InChI=1S/C10H10F3NO4S/c1-18-9(15)8-4-2-7(3-5-8)6-14-19(16,17)10(11,12)13/h2-5,14H,6H2,1H3. The average Bonchev–Trinajstić information content (AvgIpc) is 2.35. The zero-order valence-corrected chi connectivity index (χ0v) is 10.5. The Hall–Kier alpha value is -1.61. The van der Waals surface area contributed by atoms with E-state index in [1.165, 1.54) is 36.1 Å². The van der Waals surface area contributed by atoms with Gasteiger partial charge in [-0.15, -0.1) is 0 Å². The van der Waals surface area contributed by atoms with Gasteiger partial charge in [0, 0.05) is 6.54 Å². The maximum absolute atomic E-state index is 12.0. The summed E-state index contributed by atoms with van der Waals surface area (Å²) in [6.45, 7) is -0.525. The number of hydrogen-bond acceptors (Lipinski definition) is 4. The van der Waals surface area contributed by atoms with Crippen LogP contribution in [0.5, 0.6) is 0 Å². The van der Waals surface area contributed by atoms with E-state index in [1.807, 2.05) is 0 Å². The van der Waals surface area contributed by atoms with Crippen molar-refractivity contribution in [3.8, 4) is 0 Å². The smallest absolute Gasteiger partial charge is 0.465 e. The number of esters is 1. The first-order valence-corrected chi connectivity index (χ1v) is 6.39. The fourth-order valence-corrected chi connectivity index (χ4v) is 1.66. The molecule has 0 fully saturated rings. The Labute approximate surface area is 107 Å². The third-order valence-electron chi connectivity index (χ3n) is 2.15. The van der Waals surface area contributed by atoms with E-state index < -0.39 is 28.0 Å². The van der Waals surface area contributed by atoms with Crippen molar-refractivity contribution in [1.82, 2.24) is 4.72 Å². The summed E-state index contributed by atoms with van der Waals surface area (Å²) < 4.78 is 63.4. The number of ether oxygens (including phenoxy) is 1. The van der Waals surface area contributed by atoms with Crippen LogP contribution in [0.1, 0.15) is 15.9 Å². The van der Waals surface area contributed by atoms with Crippen molar-refractivity contribution in [3.05, 3.63) is 35.4 Å². The molecule has 0 aliphatic carbocycles. The molecular formula is C10H10F3NO4S. The maximum Gasteiger partial charge on any atom is 0.511 e. The molecule has 0 amide bonds. The Morgan fingerprint density at radius 3 is 2.21 bits per heavy atom. The minimum absolute atomic E-state index is 0.213. The van der Waals surface area contributed by atoms with E-state index in [0.717, 1.165) is 0 Å². The van der Waals surface area contributed by atoms with Crippen molar-refractivity contribution in [2.24, 2.45) is 0 Å². The summed E-state index contributed by atoms with van der Waals surface area (Å²) in [5, 5.41) is 0. The number of carbonyl (C=O) groups is 1. The van der Waals surface area contributed by atoms with Gasteiger partial charge < -0.3 is 4.74 Å². The lowest BCUT2D eigenvalue weighted by atomic mass is 10.1. The molecule has 0 heterocycles. The van der Waals surface area contributed by atoms with Gasteiger partial charge in [0.2, 0.25) is 0 Å². The van der Waals surface area contributed by atoms with Gasteiger partial charge in [0.1, 0.15) is 0 Å². The molecule has 0 aliphatic rings. The lowest BCUT2D eigenvalue weighted by Gasteiger charge is -2.09. The Kier molecular flexibility index (Phi) is 4.53. The van der Waals surface area contributed by atoms with Crippen LogP contribution in [-0.4, -0.2) is 27.0 Å². The largest absolute Gasteiger partial charge is 0.511 e. The predicted molar refractivity (Wildman–Crippen MR) is 59.6 cm³/mol. The molecule has 0 saturated carbocycles. The monoisotopic (exact) mass is 297 g/mol. The van der Waals surface area contributed by atoms with Gasteiger partial charge in [0.15, 0.2) is 0 Å². The van der Waals surface area contributed by atoms with Crippen LogP contribution in [0.15, 0.2) is 24.3 Å². The average molecular weight is 297 g/mol. The molecule has 0 bridgehead atoms. The van der Waals surface area contributed by atoms with Crippen LogP contribution in [0.4, 0.5) is 13.2 Å². The highest BCUT2D eigenvalue weighted by Gasteiger charge is 2.45. The molecule has 106 valence electrons. The van der Waals surface area contributed by atoms with Crippen molar-refractivity contribution in [1.29, 1.82) is 0 Å². The van der Waals surface area contributed by atoms with Crippen LogP contribution in [0, 0.1) is 0 Å². The summed E-state index contributed by atoms with van der Waals surface area (Å²) in [6, 6.07) is 5.29. The normalized spacial score (nSPS) is 12.2. The van der Waals surface area contributed by atoms with Crippen molar-refractivity contribution in [3.63, 3.8) is 0 Å². The van der Waals surface area contributed by atoms with Gasteiger partial charge >= 0.3 is 21.5 Å². The van der Waals surface area contributed by atoms with Crippen LogP contribution in [0.25, 0.3) is 0 Å². The molecule has 0 aliphatic heterocycles. The summed E-state index contributed by atoms with van der Waals surface area (Å²) in [5.41, 5.74) is -4.86. The van der Waals surface area contributed by atoms with E-state index in [1.54, 1.807) is 0 Å². The van der Waals surface area contributed by atoms with Gasteiger partial charge in [-0.1, -0.05) is 12.1 Å². The van der Waals surface area contributed by atoms with Crippen LogP contribution in [0.3, 0.4) is 0 Å². The lowest BCUT2D eigenvalue weighted by molar-refractivity contribution is -0.0448. The molecule has 19 heavy (non-hydrogen) atoms. The fraction of sp³-hybridized carbons (Fsp3) is 0.300. The summed E-state index contributed by atoms with van der Waals surface area (Å²) in [6.07, 6.45) is 0. The second-order valence-electron chi connectivity index (χ2n) is 3.46. The molecule has 1 aromatic rings. The second kappa shape index (κ2) is 5.57. The number of rotatable bonds is 4. The van der Waals surface area contributed by atoms with Gasteiger partial charge in [-0.3, -0.25) is 0 Å². The van der Waals surface area contributed by atoms with Crippen LogP contribution < -0.4 is 4.72 Å². The Morgan fingerprint density at radius 2 is 1.79 bits per heavy atom. The number of sulfonamides is 1. The molecule has 1 rings (SSSR count). The Morgan fingerprint density at radius 1 is 1.26 bits per heavy atom. The van der Waals surface area contributed by atoms with E-state index >= 15 is 0 Å². The molecule has 5 nitrogen and oxygen atoms in total. The quantitative estimate of drug-likeness (QED) is 0.853. The van der Waals surface area contributed by atoms with Gasteiger partial charge in [-0.2, -0.15) is 13.2 Å². The highest BCUT2D eigenvalue weighted by Crippen LogP contribution is 2.21. The molecule has 0 atom stereocenters. The number of benzene rings is 1. The number of carbonyl (C=O) groups excluding carboxylic acids is 1. The number of methoxy groups -OCH3 is 1. The maximum atomic E-state index is 12.0. The zero-order chi connectivity index (χ0) is 14.7. The van der Waals surface area contributed by atoms with Gasteiger partial charge in [-0.25, -0.2) is 17.9 Å². The third-order valence-corrected chi connectivity index (χ3v) is 3.28. The molecule has 0 unspecified atom stereocenters. The van der Waals surface area contributed by atoms with E-state index in [-0.39, 0.29) is 11.1 Å². The lowest BCUT2D eigenvalue weighted by Crippen LogP contribution is -2.35. The van der Waals surface area contributed by atoms with Crippen molar-refractivity contribution in [2.45, 2.75) is 12.1 Å². The fourth-order valence-electron chi connectivity index (χ4n) is 1.14. The third kappa shape index (κ3) is 3.93. The molecule has 0 radical (unpaired) electrons. The van der Waals surface area contributed by atoms with Gasteiger partial charge in [0.25, 0.3) is 0 Å². The molecule has 1 N–H and O–H groups in total. The molecule has 9 heteroatoms. The minimum atomic E-state index is -5.37. The van der Waals surface area contributed by atoms with E-state index in [9.17, 15) is 26.4 Å². The van der Waals surface area contributed by atoms with Crippen molar-refractivity contribution < 1.29 is 31.1 Å². The van der Waals surface area contributed by atoms with E-state index in [4.69, 9.17) is 0 Å². The summed E-state index contributed by atoms with van der Waals surface area (Å²) in [4.78, 5) is 11.1. The van der Waals surface area contributed by atoms with Gasteiger partial charge in [0.05, 0.1) is 12.7 Å². The Balaban J connectivity index is 2.73. The van der Waals surface area contributed by atoms with E-state index in [2.05, 4.69) is 4.74 Å². The number of hydrogen-bond donors (Lipinski definition) is 1. The van der Waals surface area contributed by atoms with Crippen LogP contribution in [0.2, 0.25) is 0 Å². The number of halogens is 3. The zero-order valence-electron chi connectivity index (χ0n) is 9.69. The van der Waals surface area contributed by atoms with Crippen LogP contribution in [-0.2, 0) is 21.3 Å².